The fourth-order valence-electron chi connectivity index (χ4n) is 7.54. The molecule has 0 radical (unpaired) electrons. The van der Waals surface area contributed by atoms with E-state index >= 15 is 0 Å². The molecule has 3 aliphatic rings. The molecule has 5 rings (SSSR count). The zero-order valence-electron chi connectivity index (χ0n) is 34.8. The Bertz CT molecular complexity index is 1830. The second kappa shape index (κ2) is 16.4. The molecule has 0 unspecified atom stereocenters. The van der Waals surface area contributed by atoms with Crippen molar-refractivity contribution in [3.8, 4) is 0 Å². The first-order chi connectivity index (χ1) is 25.5. The van der Waals surface area contributed by atoms with Crippen molar-refractivity contribution in [1.29, 1.82) is 0 Å². The number of nitrogens with zero attached hydrogens (tertiary/aromatic N) is 7. The number of benzene rings is 1. The molecule has 1 saturated carbocycles. The molecule has 1 aromatic carbocycles. The van der Waals surface area contributed by atoms with Gasteiger partial charge in [0.1, 0.15) is 19.0 Å². The number of alkyl halides is 1. The monoisotopic (exact) mass is 805 g/mol. The number of carbonyl (C=O) groups is 2. The number of halogens is 1. The molecule has 55 heavy (non-hydrogen) atoms. The van der Waals surface area contributed by atoms with Crippen LogP contribution in [-0.4, -0.2) is 147 Å². The van der Waals surface area contributed by atoms with Crippen LogP contribution in [0.15, 0.2) is 35.4 Å². The van der Waals surface area contributed by atoms with Gasteiger partial charge in [0.25, 0.3) is 0 Å². The van der Waals surface area contributed by atoms with E-state index in [0.717, 1.165) is 24.3 Å². The van der Waals surface area contributed by atoms with Gasteiger partial charge in [0.15, 0.2) is 0 Å². The van der Waals surface area contributed by atoms with Gasteiger partial charge in [-0.2, -0.15) is 9.40 Å². The minimum Gasteiger partial charge on any atom is -0.444 e. The van der Waals surface area contributed by atoms with Gasteiger partial charge in [-0.05, 0) is 93.1 Å². The fourth-order valence-corrected chi connectivity index (χ4v) is 10.1. The molecule has 0 spiro atoms. The first-order valence-electron chi connectivity index (χ1n) is 19.6. The number of likely N-dealkylation sites (N-methyl/N-ethyl adjacent to an activating group) is 1. The normalized spacial score (nSPS) is 23.5. The third-order valence-electron chi connectivity index (χ3n) is 10.8. The van der Waals surface area contributed by atoms with Gasteiger partial charge in [0.05, 0.1) is 40.8 Å². The molecule has 2 aromatic rings. The van der Waals surface area contributed by atoms with Crippen molar-refractivity contribution >= 4 is 46.7 Å². The number of hydrogen-bond acceptors (Lipinski definition) is 9. The Morgan fingerprint density at radius 3 is 2.31 bits per heavy atom. The summed E-state index contributed by atoms with van der Waals surface area (Å²) < 4.78 is 59.3. The molecule has 1 aliphatic carbocycles. The lowest BCUT2D eigenvalue weighted by molar-refractivity contribution is -0.127. The van der Waals surface area contributed by atoms with Crippen LogP contribution in [0, 0.1) is 0 Å². The third kappa shape index (κ3) is 10.1. The van der Waals surface area contributed by atoms with E-state index in [1.54, 1.807) is 38.9 Å². The third-order valence-corrected chi connectivity index (χ3v) is 14.5. The van der Waals surface area contributed by atoms with Gasteiger partial charge in [-0.15, -0.1) is 0 Å². The maximum Gasteiger partial charge on any atom is 0.410 e. The summed E-state index contributed by atoms with van der Waals surface area (Å²) in [5, 5.41) is 5.55. The number of piperazine rings is 1. The Labute approximate surface area is 328 Å². The summed E-state index contributed by atoms with van der Waals surface area (Å²) in [4.78, 5) is 34.0. The Kier molecular flexibility index (Phi) is 12.9. The molecule has 0 bridgehead atoms. The summed E-state index contributed by atoms with van der Waals surface area (Å²) in [6.07, 6.45) is 6.42. The fraction of sp³-hybridized carbons (Fsp3) is 0.718. The van der Waals surface area contributed by atoms with Crippen molar-refractivity contribution in [3.05, 3.63) is 30.5 Å². The summed E-state index contributed by atoms with van der Waals surface area (Å²) in [6, 6.07) is 2.84. The number of anilines is 1. The molecular weight excluding hydrogens is 742 g/mol. The van der Waals surface area contributed by atoms with Crippen molar-refractivity contribution in [2.75, 3.05) is 65.2 Å². The Morgan fingerprint density at radius 2 is 1.75 bits per heavy atom. The van der Waals surface area contributed by atoms with E-state index in [0.29, 0.717) is 43.9 Å². The molecular formula is C39H64FN7O6SSi. The van der Waals surface area contributed by atoms with Crippen molar-refractivity contribution in [3.63, 3.8) is 0 Å². The minimum absolute atomic E-state index is 0.0439. The molecule has 2 aliphatic heterocycles. The standard InChI is InChI=1S/C39H64FN7O6SSi/c1-28-24-43(25-29(2)46(28)37(49)53-38(3,4)5)34-20-32(54(50,51)45(39(6)14-15-39)27-52-17-18-55(9,10)11)21-35-33(34)23-41-47(35)31-19-30(22-40)44(26-31)36(48)13-12-16-42(7)8/h12-13,20-21,23,28-31H,14-19,22,24-27H2,1-11H3/b13-12+/t28-,29-,30-,31+/m0/s1. The SMILES string of the molecule is C[C@H]1CN(c2cc(S(=O)(=O)N(COCC[Si](C)(C)C)C3(C)CC3)cc3c2cnn3[C@@H]2C[C@@H](CF)N(C(=O)/C=C/CN(C)C)C2)C[C@H](C)N1C(=O)OC(C)(C)C. The Hall–Kier alpha value is -3.05. The molecule has 16 heteroatoms. The van der Waals surface area contributed by atoms with E-state index in [-0.39, 0.29) is 48.3 Å². The topological polar surface area (TPSA) is 121 Å². The highest BCUT2D eigenvalue weighted by molar-refractivity contribution is 7.89. The molecule has 3 fully saturated rings. The highest BCUT2D eigenvalue weighted by Gasteiger charge is 2.50. The zero-order valence-corrected chi connectivity index (χ0v) is 36.7. The number of fused-ring (bicyclic) bond motifs is 1. The van der Waals surface area contributed by atoms with Crippen molar-refractivity contribution < 1.29 is 31.9 Å². The Balaban J connectivity index is 1.55. The van der Waals surface area contributed by atoms with Crippen LogP contribution in [0.1, 0.15) is 66.8 Å². The van der Waals surface area contributed by atoms with Crippen molar-refractivity contribution in [1.82, 2.24) is 28.8 Å². The molecule has 1 aromatic heterocycles. The maximum absolute atomic E-state index is 14.9. The summed E-state index contributed by atoms with van der Waals surface area (Å²) in [5.41, 5.74) is 0.0661. The molecule has 4 atom stereocenters. The Morgan fingerprint density at radius 1 is 1.09 bits per heavy atom. The van der Waals surface area contributed by atoms with E-state index in [1.807, 2.05) is 60.5 Å². The van der Waals surface area contributed by atoms with E-state index in [1.165, 1.54) is 10.4 Å². The lowest BCUT2D eigenvalue weighted by Gasteiger charge is -2.45. The first kappa shape index (κ1) is 43.1. The predicted molar refractivity (Wildman–Crippen MR) is 217 cm³/mol. The van der Waals surface area contributed by atoms with Crippen LogP contribution in [0.4, 0.5) is 14.9 Å². The van der Waals surface area contributed by atoms with Crippen LogP contribution < -0.4 is 4.90 Å². The van der Waals surface area contributed by atoms with Gasteiger partial charge in [-0.3, -0.25) is 14.4 Å². The molecule has 2 saturated heterocycles. The van der Waals surface area contributed by atoms with Gasteiger partial charge in [-0.25, -0.2) is 17.6 Å². The van der Waals surface area contributed by atoms with E-state index in [4.69, 9.17) is 14.6 Å². The van der Waals surface area contributed by atoms with Crippen LogP contribution in [-0.2, 0) is 24.3 Å². The van der Waals surface area contributed by atoms with Crippen molar-refractivity contribution in [2.24, 2.45) is 0 Å². The highest BCUT2D eigenvalue weighted by Crippen LogP contribution is 2.45. The van der Waals surface area contributed by atoms with Crippen LogP contribution >= 0.6 is 0 Å². The van der Waals surface area contributed by atoms with E-state index in [9.17, 15) is 22.4 Å². The minimum atomic E-state index is -4.08. The number of rotatable bonds is 14. The number of carbonyl (C=O) groups excluding carboxylic acids is 2. The number of hydrogen-bond donors (Lipinski definition) is 0. The smallest absolute Gasteiger partial charge is 0.410 e. The largest absolute Gasteiger partial charge is 0.444 e. The zero-order chi connectivity index (χ0) is 40.7. The number of aromatic nitrogens is 2. The average molecular weight is 806 g/mol. The molecule has 3 heterocycles. The lowest BCUT2D eigenvalue weighted by Crippen LogP contribution is -2.59. The van der Waals surface area contributed by atoms with Crippen LogP contribution in [0.3, 0.4) is 0 Å². The van der Waals surface area contributed by atoms with Crippen molar-refractivity contribution in [2.45, 2.75) is 127 Å². The van der Waals surface area contributed by atoms with E-state index in [2.05, 4.69) is 24.5 Å². The molecule has 2 amide bonds. The first-order valence-corrected chi connectivity index (χ1v) is 24.8. The van der Waals surface area contributed by atoms with Gasteiger partial charge in [0, 0.05) is 63.5 Å². The molecule has 308 valence electrons. The van der Waals surface area contributed by atoms with Gasteiger partial charge in [0.2, 0.25) is 15.9 Å². The van der Waals surface area contributed by atoms with Crippen LogP contribution in [0.2, 0.25) is 25.7 Å². The highest BCUT2D eigenvalue weighted by atomic mass is 32.2. The number of amides is 2. The van der Waals surface area contributed by atoms with Crippen LogP contribution in [0.25, 0.3) is 10.9 Å². The number of likely N-dealkylation sites (tertiary alicyclic amines) is 1. The summed E-state index contributed by atoms with van der Waals surface area (Å²) in [7, 11) is -1.67. The second-order valence-corrected chi connectivity index (χ2v) is 26.0. The van der Waals surface area contributed by atoms with Gasteiger partial charge < -0.3 is 24.2 Å². The van der Waals surface area contributed by atoms with Gasteiger partial charge >= 0.3 is 6.09 Å². The summed E-state index contributed by atoms with van der Waals surface area (Å²) in [5.74, 6) is -0.263. The van der Waals surface area contributed by atoms with E-state index < -0.39 is 42.0 Å². The van der Waals surface area contributed by atoms with Gasteiger partial charge in [-0.1, -0.05) is 25.7 Å². The quantitative estimate of drug-likeness (QED) is 0.0987. The number of ether oxygens (including phenoxy) is 2. The summed E-state index contributed by atoms with van der Waals surface area (Å²) in [6.45, 7) is 19.7. The molecule has 0 N–H and O–H groups in total. The van der Waals surface area contributed by atoms with Crippen LogP contribution in [0.5, 0.6) is 0 Å². The second-order valence-electron chi connectivity index (χ2n) is 18.5. The number of sulfonamides is 1. The lowest BCUT2D eigenvalue weighted by atomic mass is 10.1. The molecule has 13 nitrogen and oxygen atoms in total. The maximum atomic E-state index is 14.9. The average Bonchev–Trinajstić information content (AvgIpc) is 3.44. The predicted octanol–water partition coefficient (Wildman–Crippen LogP) is 5.96. The summed E-state index contributed by atoms with van der Waals surface area (Å²) >= 11 is 0.